The van der Waals surface area contributed by atoms with E-state index < -0.39 is 0 Å². The van der Waals surface area contributed by atoms with Gasteiger partial charge in [-0.3, -0.25) is 0 Å². The lowest BCUT2D eigenvalue weighted by molar-refractivity contribution is 0.0393. The van der Waals surface area contributed by atoms with Gasteiger partial charge in [-0.1, -0.05) is 75.2 Å². The summed E-state index contributed by atoms with van der Waals surface area (Å²) in [4.78, 5) is 6.86. The number of hydrogen-bond donors (Lipinski definition) is 2. The summed E-state index contributed by atoms with van der Waals surface area (Å²) in [6, 6.07) is 26.7. The third-order valence-electron chi connectivity index (χ3n) is 7.28. The maximum Gasteiger partial charge on any atom is 0.125 e. The Morgan fingerprint density at radius 1 is 0.789 bits per heavy atom. The molecule has 1 aromatic heterocycles. The van der Waals surface area contributed by atoms with Crippen LogP contribution in [0.4, 0.5) is 11.4 Å². The van der Waals surface area contributed by atoms with E-state index in [1.54, 1.807) is 7.11 Å². The molecule has 4 N–H and O–H groups in total. The highest BCUT2D eigenvalue weighted by Crippen LogP contribution is 2.45. The Labute approximate surface area is 224 Å². The monoisotopic (exact) mass is 507 g/mol. The number of nitrogens with zero attached hydrogens (tertiary/aromatic N) is 1. The van der Waals surface area contributed by atoms with Gasteiger partial charge in [-0.15, -0.1) is 0 Å². The van der Waals surface area contributed by atoms with Gasteiger partial charge in [0.2, 0.25) is 0 Å². The number of nitrogens with two attached hydrogens (primary N) is 2. The van der Waals surface area contributed by atoms with Gasteiger partial charge >= 0.3 is 0 Å². The minimum absolute atomic E-state index is 0.103. The van der Waals surface area contributed by atoms with Crippen molar-refractivity contribution in [1.29, 1.82) is 0 Å². The van der Waals surface area contributed by atoms with Crippen molar-refractivity contribution in [2.75, 3.05) is 18.6 Å². The van der Waals surface area contributed by atoms with Gasteiger partial charge in [0.15, 0.2) is 0 Å². The van der Waals surface area contributed by atoms with Gasteiger partial charge in [0.05, 0.1) is 18.1 Å². The minimum atomic E-state index is 0.103. The molecule has 196 valence electrons. The SMILES string of the molecule is CCCCC(CCC)On1c2cc(N)ccc2c2cc(-c3ccc(OC)cc3)c(N)c(-c3ccccc3)c21. The van der Waals surface area contributed by atoms with Crippen molar-refractivity contribution in [3.8, 4) is 28.0 Å². The van der Waals surface area contributed by atoms with Gasteiger partial charge in [0.25, 0.3) is 0 Å². The normalized spacial score (nSPS) is 12.2. The second kappa shape index (κ2) is 11.1. The number of rotatable bonds is 10. The summed E-state index contributed by atoms with van der Waals surface area (Å²) in [5.74, 6) is 0.811. The van der Waals surface area contributed by atoms with Crippen LogP contribution in [-0.4, -0.2) is 17.9 Å². The van der Waals surface area contributed by atoms with Gasteiger partial charge in [-0.25, -0.2) is 0 Å². The molecule has 0 saturated carbocycles. The molecule has 5 rings (SSSR count). The molecule has 1 atom stereocenters. The maximum atomic E-state index is 7.05. The lowest BCUT2D eigenvalue weighted by atomic mass is 9.93. The molecule has 5 heteroatoms. The lowest BCUT2D eigenvalue weighted by Gasteiger charge is -2.22. The van der Waals surface area contributed by atoms with Crippen LogP contribution in [0.25, 0.3) is 44.1 Å². The van der Waals surface area contributed by atoms with E-state index in [2.05, 4.69) is 50.2 Å². The minimum Gasteiger partial charge on any atom is -0.497 e. The van der Waals surface area contributed by atoms with Crippen LogP contribution in [0.5, 0.6) is 5.75 Å². The third kappa shape index (κ3) is 4.76. The molecule has 5 nitrogen and oxygen atoms in total. The van der Waals surface area contributed by atoms with E-state index in [1.165, 1.54) is 0 Å². The second-order valence-corrected chi connectivity index (χ2v) is 9.93. The van der Waals surface area contributed by atoms with Crippen molar-refractivity contribution in [3.05, 3.63) is 78.9 Å². The van der Waals surface area contributed by atoms with Gasteiger partial charge in [-0.2, -0.15) is 4.73 Å². The Balaban J connectivity index is 1.84. The molecule has 4 aromatic carbocycles. The Hall–Kier alpha value is -4.12. The van der Waals surface area contributed by atoms with Crippen LogP contribution in [0, 0.1) is 0 Å². The third-order valence-corrected chi connectivity index (χ3v) is 7.28. The molecular formula is C33H37N3O2. The molecule has 0 aliphatic heterocycles. The predicted molar refractivity (Wildman–Crippen MR) is 160 cm³/mol. The first kappa shape index (κ1) is 25.5. The molecule has 38 heavy (non-hydrogen) atoms. The summed E-state index contributed by atoms with van der Waals surface area (Å²) in [5.41, 5.74) is 20.7. The van der Waals surface area contributed by atoms with Crippen LogP contribution in [-0.2, 0) is 0 Å². The molecule has 1 heterocycles. The van der Waals surface area contributed by atoms with Gasteiger partial charge in [0, 0.05) is 33.3 Å². The van der Waals surface area contributed by atoms with Crippen molar-refractivity contribution in [2.24, 2.45) is 0 Å². The molecular weight excluding hydrogens is 470 g/mol. The van der Waals surface area contributed by atoms with Crippen LogP contribution >= 0.6 is 0 Å². The van der Waals surface area contributed by atoms with Crippen molar-refractivity contribution >= 4 is 33.2 Å². The zero-order valence-electron chi connectivity index (χ0n) is 22.5. The van der Waals surface area contributed by atoms with Crippen LogP contribution in [0.2, 0.25) is 0 Å². The Bertz CT molecular complexity index is 1540. The van der Waals surface area contributed by atoms with Crippen LogP contribution < -0.4 is 21.0 Å². The fourth-order valence-corrected chi connectivity index (χ4v) is 5.34. The number of unbranched alkanes of at least 4 members (excludes halogenated alkanes) is 1. The number of methoxy groups -OCH3 is 1. The Morgan fingerprint density at radius 3 is 2.24 bits per heavy atom. The standard InChI is InChI=1S/C33H37N3O2/c1-4-6-13-26(10-5-2)38-36-30-20-24(34)16-19-27(30)29-21-28(22-14-17-25(37-3)18-15-22)32(35)31(33(29)36)23-11-8-7-9-12-23/h7-9,11-12,14-21,26H,4-6,10,13,34-35H2,1-3H3. The fourth-order valence-electron chi connectivity index (χ4n) is 5.34. The number of nitrogen functional groups attached to an aromatic ring is 2. The summed E-state index contributed by atoms with van der Waals surface area (Å²) < 4.78 is 7.40. The number of aromatic nitrogens is 1. The van der Waals surface area contributed by atoms with Gasteiger partial charge in [-0.05, 0) is 60.7 Å². The summed E-state index contributed by atoms with van der Waals surface area (Å²) >= 11 is 0. The first-order valence-electron chi connectivity index (χ1n) is 13.6. The summed E-state index contributed by atoms with van der Waals surface area (Å²) in [6.45, 7) is 4.43. The van der Waals surface area contributed by atoms with Crippen LogP contribution in [0.3, 0.4) is 0 Å². The smallest absolute Gasteiger partial charge is 0.125 e. The van der Waals surface area contributed by atoms with Crippen molar-refractivity contribution in [2.45, 2.75) is 52.1 Å². The van der Waals surface area contributed by atoms with Gasteiger partial charge < -0.3 is 21.0 Å². The predicted octanol–water partition coefficient (Wildman–Crippen LogP) is 8.09. The van der Waals surface area contributed by atoms with E-state index in [-0.39, 0.29) is 6.10 Å². The highest BCUT2D eigenvalue weighted by molar-refractivity contribution is 6.17. The summed E-state index contributed by atoms with van der Waals surface area (Å²) in [5, 5.41) is 2.18. The highest BCUT2D eigenvalue weighted by atomic mass is 16.7. The van der Waals surface area contributed by atoms with E-state index in [9.17, 15) is 0 Å². The molecule has 0 amide bonds. The number of ether oxygens (including phenoxy) is 1. The quantitative estimate of drug-likeness (QED) is 0.187. The van der Waals surface area contributed by atoms with Crippen LogP contribution in [0.1, 0.15) is 46.0 Å². The van der Waals surface area contributed by atoms with Crippen molar-refractivity contribution in [1.82, 2.24) is 4.73 Å². The summed E-state index contributed by atoms with van der Waals surface area (Å²) in [6.07, 6.45) is 5.42. The van der Waals surface area contributed by atoms with Crippen molar-refractivity contribution < 1.29 is 9.57 Å². The van der Waals surface area contributed by atoms with E-state index in [4.69, 9.17) is 21.0 Å². The molecule has 5 aromatic rings. The number of anilines is 2. The van der Waals surface area contributed by atoms with Crippen molar-refractivity contribution in [3.63, 3.8) is 0 Å². The van der Waals surface area contributed by atoms with E-state index in [1.807, 2.05) is 47.2 Å². The molecule has 0 radical (unpaired) electrons. The number of hydrogen-bond acceptors (Lipinski definition) is 4. The molecule has 0 aliphatic rings. The molecule has 0 bridgehead atoms. The Kier molecular flexibility index (Phi) is 7.45. The fraction of sp³-hybridized carbons (Fsp3) is 0.273. The topological polar surface area (TPSA) is 75.4 Å². The van der Waals surface area contributed by atoms with E-state index in [0.717, 1.165) is 87.6 Å². The molecule has 0 saturated heterocycles. The van der Waals surface area contributed by atoms with Gasteiger partial charge in [0.1, 0.15) is 11.9 Å². The number of benzene rings is 4. The molecule has 0 spiro atoms. The Morgan fingerprint density at radius 2 is 1.55 bits per heavy atom. The molecule has 0 fully saturated rings. The lowest BCUT2D eigenvalue weighted by Crippen LogP contribution is -2.25. The number of fused-ring (bicyclic) bond motifs is 3. The van der Waals surface area contributed by atoms with Crippen LogP contribution in [0.15, 0.2) is 78.9 Å². The zero-order chi connectivity index (χ0) is 26.6. The highest BCUT2D eigenvalue weighted by Gasteiger charge is 2.23. The van der Waals surface area contributed by atoms with E-state index in [0.29, 0.717) is 5.69 Å². The largest absolute Gasteiger partial charge is 0.497 e. The maximum absolute atomic E-state index is 7.05. The average Bonchev–Trinajstić information content (AvgIpc) is 3.23. The van der Waals surface area contributed by atoms with E-state index >= 15 is 0 Å². The molecule has 1 unspecified atom stereocenters. The summed E-state index contributed by atoms with van der Waals surface area (Å²) in [7, 11) is 1.68. The first-order valence-corrected chi connectivity index (χ1v) is 13.6. The second-order valence-electron chi connectivity index (χ2n) is 9.93. The zero-order valence-corrected chi connectivity index (χ0v) is 22.5. The molecule has 0 aliphatic carbocycles. The first-order chi connectivity index (χ1) is 18.5. The average molecular weight is 508 g/mol.